The van der Waals surface area contributed by atoms with Gasteiger partial charge in [-0.2, -0.15) is 5.10 Å². The Morgan fingerprint density at radius 2 is 2.04 bits per heavy atom. The number of nitrogens with zero attached hydrogens (tertiary/aromatic N) is 3. The van der Waals surface area contributed by atoms with Crippen molar-refractivity contribution in [1.29, 1.82) is 0 Å². The normalized spacial score (nSPS) is 10.8. The van der Waals surface area contributed by atoms with Gasteiger partial charge in [0.15, 0.2) is 10.3 Å². The molecule has 0 saturated carbocycles. The van der Waals surface area contributed by atoms with E-state index in [2.05, 4.69) is 25.8 Å². The van der Waals surface area contributed by atoms with Gasteiger partial charge < -0.3 is 10.1 Å². The minimum Gasteiger partial charge on any atom is -0.497 e. The van der Waals surface area contributed by atoms with Crippen LogP contribution in [0.4, 0.5) is 16.6 Å². The van der Waals surface area contributed by atoms with Gasteiger partial charge in [0.25, 0.3) is 0 Å². The zero-order chi connectivity index (χ0) is 16.8. The average molecular weight is 360 g/mol. The Kier molecular flexibility index (Phi) is 5.25. The highest BCUT2D eigenvalue weighted by atomic mass is 35.5. The predicted octanol–water partition coefficient (Wildman–Crippen LogP) is 4.39. The average Bonchev–Trinajstić information content (AvgIpc) is 2.96. The Morgan fingerprint density at radius 1 is 1.21 bits per heavy atom. The third kappa shape index (κ3) is 4.21. The first-order chi connectivity index (χ1) is 11.7. The summed E-state index contributed by atoms with van der Waals surface area (Å²) in [6.45, 7) is 0. The molecule has 0 spiro atoms. The summed E-state index contributed by atoms with van der Waals surface area (Å²) in [5.41, 5.74) is 3.74. The van der Waals surface area contributed by atoms with Gasteiger partial charge in [0, 0.05) is 11.9 Å². The van der Waals surface area contributed by atoms with E-state index in [1.165, 1.54) is 11.3 Å². The van der Waals surface area contributed by atoms with Gasteiger partial charge in [-0.15, -0.1) is 0 Å². The second-order valence-electron chi connectivity index (χ2n) is 4.61. The molecule has 122 valence electrons. The summed E-state index contributed by atoms with van der Waals surface area (Å²) < 4.78 is 5.13. The molecule has 0 saturated heterocycles. The van der Waals surface area contributed by atoms with E-state index in [1.54, 1.807) is 19.5 Å². The Bertz CT molecular complexity index is 820. The Morgan fingerprint density at radius 3 is 2.75 bits per heavy atom. The molecule has 0 unspecified atom stereocenters. The molecule has 0 aliphatic rings. The summed E-state index contributed by atoms with van der Waals surface area (Å²) in [6.07, 6.45) is 3.31. The Hall–Kier alpha value is -2.64. The zero-order valence-electron chi connectivity index (χ0n) is 12.7. The molecule has 2 aromatic heterocycles. The number of halogens is 1. The van der Waals surface area contributed by atoms with E-state index in [0.717, 1.165) is 16.3 Å². The van der Waals surface area contributed by atoms with Crippen molar-refractivity contribution in [2.45, 2.75) is 0 Å². The van der Waals surface area contributed by atoms with Gasteiger partial charge in [0.2, 0.25) is 0 Å². The molecule has 1 aromatic carbocycles. The molecule has 0 atom stereocenters. The fraction of sp³-hybridized carbons (Fsp3) is 0.0625. The molecule has 2 N–H and O–H groups in total. The number of thiazole rings is 1. The largest absolute Gasteiger partial charge is 0.497 e. The van der Waals surface area contributed by atoms with Gasteiger partial charge in [0.05, 0.1) is 18.2 Å². The molecule has 2 heterocycles. The van der Waals surface area contributed by atoms with E-state index in [9.17, 15) is 0 Å². The summed E-state index contributed by atoms with van der Waals surface area (Å²) >= 11 is 7.55. The quantitative estimate of drug-likeness (QED) is 0.504. The smallest absolute Gasteiger partial charge is 0.189 e. The molecule has 0 fully saturated rings. The number of ether oxygens (including phenoxy) is 1. The minimum atomic E-state index is 0.391. The second-order valence-corrected chi connectivity index (χ2v) is 6.00. The van der Waals surface area contributed by atoms with Gasteiger partial charge in [-0.25, -0.2) is 9.97 Å². The Balaban J connectivity index is 1.65. The van der Waals surface area contributed by atoms with E-state index < -0.39 is 0 Å². The number of rotatable bonds is 6. The van der Waals surface area contributed by atoms with Crippen LogP contribution in [0.5, 0.6) is 5.75 Å². The van der Waals surface area contributed by atoms with Crippen LogP contribution in [0.1, 0.15) is 4.88 Å². The maximum atomic E-state index is 6.15. The fourth-order valence-electron chi connectivity index (χ4n) is 1.83. The number of aromatic nitrogens is 2. The van der Waals surface area contributed by atoms with Crippen LogP contribution in [0.3, 0.4) is 0 Å². The van der Waals surface area contributed by atoms with Gasteiger partial charge in [-0.3, -0.25) is 5.43 Å². The number of hydrazone groups is 1. The third-order valence-corrected chi connectivity index (χ3v) is 4.28. The molecular weight excluding hydrogens is 346 g/mol. The minimum absolute atomic E-state index is 0.391. The molecule has 0 amide bonds. The molecule has 3 rings (SSSR count). The monoisotopic (exact) mass is 359 g/mol. The van der Waals surface area contributed by atoms with Crippen LogP contribution in [0.25, 0.3) is 0 Å². The van der Waals surface area contributed by atoms with Crippen molar-refractivity contribution in [2.24, 2.45) is 5.10 Å². The lowest BCUT2D eigenvalue weighted by molar-refractivity contribution is 0.415. The number of benzene rings is 1. The van der Waals surface area contributed by atoms with Crippen molar-refractivity contribution in [3.63, 3.8) is 0 Å². The molecule has 24 heavy (non-hydrogen) atoms. The number of pyridine rings is 1. The van der Waals surface area contributed by atoms with Crippen LogP contribution >= 0.6 is 22.9 Å². The maximum absolute atomic E-state index is 6.15. The molecule has 3 aromatic rings. The maximum Gasteiger partial charge on any atom is 0.189 e. The van der Waals surface area contributed by atoms with Crippen molar-refractivity contribution >= 4 is 45.8 Å². The predicted molar refractivity (Wildman–Crippen MR) is 98.9 cm³/mol. The first-order valence-corrected chi connectivity index (χ1v) is 8.21. The summed E-state index contributed by atoms with van der Waals surface area (Å²) in [5.74, 6) is 1.46. The van der Waals surface area contributed by atoms with Gasteiger partial charge in [-0.05, 0) is 36.4 Å². The fourth-order valence-corrected chi connectivity index (χ4v) is 2.88. The second kappa shape index (κ2) is 7.76. The molecule has 6 nitrogen and oxygen atoms in total. The summed E-state index contributed by atoms with van der Waals surface area (Å²) in [5, 5.41) is 8.39. The molecule has 0 radical (unpaired) electrons. The topological polar surface area (TPSA) is 71.4 Å². The Labute approximate surface area is 148 Å². The van der Waals surface area contributed by atoms with Crippen LogP contribution in [0.2, 0.25) is 5.15 Å². The van der Waals surface area contributed by atoms with E-state index >= 15 is 0 Å². The highest BCUT2D eigenvalue weighted by Crippen LogP contribution is 2.28. The van der Waals surface area contributed by atoms with Crippen LogP contribution in [0.15, 0.2) is 53.8 Å². The van der Waals surface area contributed by atoms with Crippen LogP contribution in [0, 0.1) is 0 Å². The summed E-state index contributed by atoms with van der Waals surface area (Å²) in [4.78, 5) is 9.14. The van der Waals surface area contributed by atoms with Crippen LogP contribution in [-0.4, -0.2) is 23.3 Å². The molecular formula is C16H14ClN5OS. The number of hydrogen-bond donors (Lipinski definition) is 2. The van der Waals surface area contributed by atoms with Crippen molar-refractivity contribution in [3.05, 3.63) is 58.7 Å². The molecule has 8 heteroatoms. The van der Waals surface area contributed by atoms with E-state index in [-0.39, 0.29) is 0 Å². The summed E-state index contributed by atoms with van der Waals surface area (Å²) in [6, 6.07) is 13.1. The number of nitrogens with one attached hydrogen (secondary N) is 2. The first-order valence-electron chi connectivity index (χ1n) is 7.02. The molecule has 0 aliphatic heterocycles. The first kappa shape index (κ1) is 16.2. The standard InChI is InChI=1S/C16H14ClN5OS/c1-23-12-7-5-11(6-8-12)20-16-21-15(17)13(24-16)10-19-22-14-4-2-3-9-18-14/h2-10H,1H3,(H,18,22)(H,20,21)/b19-10+. The van der Waals surface area contributed by atoms with Crippen molar-refractivity contribution < 1.29 is 4.74 Å². The lowest BCUT2D eigenvalue weighted by Crippen LogP contribution is -1.91. The van der Waals surface area contributed by atoms with Crippen LogP contribution in [-0.2, 0) is 0 Å². The third-order valence-electron chi connectivity index (χ3n) is 2.98. The van der Waals surface area contributed by atoms with Crippen LogP contribution < -0.4 is 15.5 Å². The molecule has 0 bridgehead atoms. The van der Waals surface area contributed by atoms with Gasteiger partial charge in [0.1, 0.15) is 11.6 Å². The van der Waals surface area contributed by atoms with Gasteiger partial charge >= 0.3 is 0 Å². The van der Waals surface area contributed by atoms with E-state index in [1.807, 2.05) is 42.5 Å². The van der Waals surface area contributed by atoms with Gasteiger partial charge in [-0.1, -0.05) is 29.0 Å². The van der Waals surface area contributed by atoms with Crippen molar-refractivity contribution in [3.8, 4) is 5.75 Å². The lowest BCUT2D eigenvalue weighted by atomic mass is 10.3. The van der Waals surface area contributed by atoms with Crippen molar-refractivity contribution in [2.75, 3.05) is 17.9 Å². The zero-order valence-corrected chi connectivity index (χ0v) is 14.3. The highest BCUT2D eigenvalue weighted by Gasteiger charge is 2.08. The van der Waals surface area contributed by atoms with E-state index in [4.69, 9.17) is 16.3 Å². The number of anilines is 3. The van der Waals surface area contributed by atoms with E-state index in [0.29, 0.717) is 16.1 Å². The lowest BCUT2D eigenvalue weighted by Gasteiger charge is -2.03. The van der Waals surface area contributed by atoms with Crippen molar-refractivity contribution in [1.82, 2.24) is 9.97 Å². The molecule has 0 aliphatic carbocycles. The summed E-state index contributed by atoms with van der Waals surface area (Å²) in [7, 11) is 1.63. The number of methoxy groups -OCH3 is 1. The SMILES string of the molecule is COc1ccc(Nc2nc(Cl)c(/C=N/Nc3ccccn3)s2)cc1. The highest BCUT2D eigenvalue weighted by molar-refractivity contribution is 7.17. The number of hydrogen-bond acceptors (Lipinski definition) is 7.